The Kier molecular flexibility index (Phi) is 4.76. The van der Waals surface area contributed by atoms with Crippen molar-refractivity contribution >= 4 is 8.40 Å². The molecule has 5 heteroatoms. The van der Waals surface area contributed by atoms with E-state index in [1.165, 1.54) is 0 Å². The second kappa shape index (κ2) is 5.86. The Labute approximate surface area is 97.8 Å². The highest BCUT2D eigenvalue weighted by atomic mass is 28.2. The molecule has 0 aliphatic rings. The normalized spacial score (nSPS) is 12.1. The molecule has 1 aromatic rings. The predicted molar refractivity (Wildman–Crippen MR) is 65.6 cm³/mol. The number of nitrogens with two attached hydrogens (primary N) is 1. The second-order valence-electron chi connectivity index (χ2n) is 3.44. The summed E-state index contributed by atoms with van der Waals surface area (Å²) in [6.07, 6.45) is 0.921. The lowest BCUT2D eigenvalue weighted by atomic mass is 10.4. The molecule has 1 rings (SSSR count). The van der Waals surface area contributed by atoms with Gasteiger partial charge in [0.15, 0.2) is 11.5 Å². The molecule has 1 aromatic heterocycles. The maximum absolute atomic E-state index is 6.09. The Bertz CT molecular complexity index is 357. The molecule has 2 N–H and O–H groups in total. The lowest BCUT2D eigenvalue weighted by Gasteiger charge is -2.18. The first-order valence-electron chi connectivity index (χ1n) is 5.24. The third-order valence-corrected chi connectivity index (χ3v) is 5.26. The summed E-state index contributed by atoms with van der Waals surface area (Å²) in [4.78, 5) is 0. The third kappa shape index (κ3) is 2.36. The van der Waals surface area contributed by atoms with Gasteiger partial charge in [0.2, 0.25) is 0 Å². The molecule has 0 aliphatic heterocycles. The molecule has 90 valence electrons. The molecule has 0 saturated heterocycles. The van der Waals surface area contributed by atoms with Crippen LogP contribution in [0.25, 0.3) is 0 Å². The van der Waals surface area contributed by atoms with E-state index in [0.29, 0.717) is 11.5 Å². The van der Waals surface area contributed by atoms with E-state index in [9.17, 15) is 0 Å². The third-order valence-electron chi connectivity index (χ3n) is 2.57. The highest BCUT2D eigenvalue weighted by molar-refractivity contribution is 6.57. The van der Waals surface area contributed by atoms with Gasteiger partial charge in [-0.1, -0.05) is 12.6 Å². The molecule has 0 radical (unpaired) electrons. The van der Waals surface area contributed by atoms with Gasteiger partial charge in [0.05, 0.1) is 21.3 Å². The van der Waals surface area contributed by atoms with E-state index in [4.69, 9.17) is 19.9 Å². The van der Waals surface area contributed by atoms with Crippen molar-refractivity contribution in [1.82, 2.24) is 0 Å². The Balaban J connectivity index is 3.31. The van der Waals surface area contributed by atoms with Crippen LogP contribution in [-0.4, -0.2) is 29.7 Å². The van der Waals surface area contributed by atoms with Gasteiger partial charge >= 0.3 is 0 Å². The number of ether oxygens (including phenoxy) is 3. The fourth-order valence-electron chi connectivity index (χ4n) is 1.64. The van der Waals surface area contributed by atoms with Gasteiger partial charge in [-0.25, -0.2) is 0 Å². The summed E-state index contributed by atoms with van der Waals surface area (Å²) >= 11 is 0. The molecule has 0 bridgehead atoms. The Morgan fingerprint density at radius 1 is 1.25 bits per heavy atom. The smallest absolute Gasteiger partial charge is 0.197 e. The van der Waals surface area contributed by atoms with E-state index in [-0.39, 0.29) is 5.67 Å². The van der Waals surface area contributed by atoms with E-state index in [2.05, 4.69) is 12.6 Å². The minimum atomic E-state index is -1.04. The molecule has 0 fully saturated rings. The molecule has 1 heterocycles. The van der Waals surface area contributed by atoms with Crippen molar-refractivity contribution in [2.24, 2.45) is 5.73 Å². The summed E-state index contributed by atoms with van der Waals surface area (Å²) in [5.74, 6) is 1.36. The summed E-state index contributed by atoms with van der Waals surface area (Å²) in [6, 6.07) is 1.92. The zero-order valence-corrected chi connectivity index (χ0v) is 11.2. The van der Waals surface area contributed by atoms with Gasteiger partial charge < -0.3 is 19.9 Å². The van der Waals surface area contributed by atoms with Gasteiger partial charge in [0, 0.05) is 5.67 Å². The maximum Gasteiger partial charge on any atom is 0.197 e. The summed E-state index contributed by atoms with van der Waals surface area (Å²) in [6.45, 7) is 2.07. The van der Waals surface area contributed by atoms with Gasteiger partial charge in [-0.3, -0.25) is 0 Å². The first-order chi connectivity index (χ1) is 7.69. The van der Waals surface area contributed by atoms with Crippen molar-refractivity contribution < 1.29 is 14.2 Å². The van der Waals surface area contributed by atoms with Crippen molar-refractivity contribution in [3.8, 4) is 16.9 Å². The van der Waals surface area contributed by atoms with Crippen LogP contribution in [0.1, 0.15) is 19.0 Å². The molecular formula is C11H19NO3Si. The molecule has 0 spiro atoms. The number of methoxy groups -OCH3 is 3. The summed E-state index contributed by atoms with van der Waals surface area (Å²) in [7, 11) is 3.84. The van der Waals surface area contributed by atoms with Crippen molar-refractivity contribution in [3.05, 3.63) is 11.7 Å². The van der Waals surface area contributed by atoms with Crippen LogP contribution in [0.5, 0.6) is 16.9 Å². The van der Waals surface area contributed by atoms with Crippen molar-refractivity contribution in [2.75, 3.05) is 21.3 Å². The van der Waals surface area contributed by atoms with E-state index >= 15 is 0 Å². The van der Waals surface area contributed by atoms with Gasteiger partial charge in [0.25, 0.3) is 0 Å². The predicted octanol–water partition coefficient (Wildman–Crippen LogP) is 1.61. The monoisotopic (exact) mass is 241 g/mol. The highest BCUT2D eigenvalue weighted by Crippen LogP contribution is 2.37. The molecule has 0 amide bonds. The van der Waals surface area contributed by atoms with Gasteiger partial charge in [-0.05, 0) is 12.5 Å². The molecule has 1 unspecified atom stereocenters. The minimum absolute atomic E-state index is 0.125. The largest absolute Gasteiger partial charge is 0.498 e. The topological polar surface area (TPSA) is 53.7 Å². The van der Waals surface area contributed by atoms with Crippen LogP contribution in [0.15, 0.2) is 11.7 Å². The number of rotatable bonds is 5. The van der Waals surface area contributed by atoms with Crippen LogP contribution < -0.4 is 19.9 Å². The van der Waals surface area contributed by atoms with Crippen LogP contribution >= 0.6 is 0 Å². The summed E-state index contributed by atoms with van der Waals surface area (Å²) in [5.41, 5.74) is 8.31. The standard InChI is InChI=1S/C11H19NO3Si/c1-5-9(12)16-7-6-8(13-2)10(14-3)11(16)15-4/h6-7,9H,5,12H2,1-4H3. The second-order valence-corrected chi connectivity index (χ2v) is 5.88. The van der Waals surface area contributed by atoms with Crippen LogP contribution in [0.2, 0.25) is 0 Å². The van der Waals surface area contributed by atoms with Crippen LogP contribution in [0, 0.1) is 0 Å². The van der Waals surface area contributed by atoms with Crippen molar-refractivity contribution in [2.45, 2.75) is 19.0 Å². The van der Waals surface area contributed by atoms with Crippen LogP contribution in [-0.2, 0) is 0 Å². The maximum atomic E-state index is 6.09. The van der Waals surface area contributed by atoms with Gasteiger partial charge in [-0.15, -0.1) is 0 Å². The van der Waals surface area contributed by atoms with E-state index in [1.807, 2.05) is 6.07 Å². The molecular weight excluding hydrogens is 222 g/mol. The van der Waals surface area contributed by atoms with Crippen LogP contribution in [0.4, 0.5) is 0 Å². The van der Waals surface area contributed by atoms with Crippen LogP contribution in [0.3, 0.4) is 0 Å². The highest BCUT2D eigenvalue weighted by Gasteiger charge is 2.19. The molecule has 0 saturated carbocycles. The number of hydrogen-bond acceptors (Lipinski definition) is 4. The van der Waals surface area contributed by atoms with Gasteiger partial charge in [-0.2, -0.15) is 0 Å². The van der Waals surface area contributed by atoms with E-state index in [0.717, 1.165) is 11.8 Å². The molecule has 0 aromatic carbocycles. The first-order valence-corrected chi connectivity index (χ1v) is 6.89. The Hall–Kier alpha value is -1.07. The number of hydrogen-bond donors (Lipinski definition) is 1. The zero-order valence-electron chi connectivity index (χ0n) is 10.2. The fraction of sp³-hybridized carbons (Fsp3) is 0.545. The SMILES string of the molecule is CCC(N)[si]1ccc(OC)c(OC)c1OC. The van der Waals surface area contributed by atoms with Gasteiger partial charge in [0.1, 0.15) is 13.8 Å². The average molecular weight is 241 g/mol. The molecule has 0 aliphatic carbocycles. The minimum Gasteiger partial charge on any atom is -0.498 e. The lowest BCUT2D eigenvalue weighted by Crippen LogP contribution is -2.21. The Morgan fingerprint density at radius 2 is 1.94 bits per heavy atom. The first kappa shape index (κ1) is 13.0. The average Bonchev–Trinajstić information content (AvgIpc) is 2.35. The van der Waals surface area contributed by atoms with E-state index < -0.39 is 8.40 Å². The molecule has 4 nitrogen and oxygen atoms in total. The summed E-state index contributed by atoms with van der Waals surface area (Å²) < 4.78 is 16.0. The molecule has 16 heavy (non-hydrogen) atoms. The fourth-order valence-corrected chi connectivity index (χ4v) is 3.87. The quantitative estimate of drug-likeness (QED) is 0.796. The lowest BCUT2D eigenvalue weighted by molar-refractivity contribution is 0.328. The zero-order chi connectivity index (χ0) is 12.1. The molecule has 1 atom stereocenters. The van der Waals surface area contributed by atoms with Crippen molar-refractivity contribution in [1.29, 1.82) is 0 Å². The summed E-state index contributed by atoms with van der Waals surface area (Å²) in [5, 5.41) is 0.834. The van der Waals surface area contributed by atoms with Crippen molar-refractivity contribution in [3.63, 3.8) is 0 Å². The Morgan fingerprint density at radius 3 is 2.38 bits per heavy atom. The van der Waals surface area contributed by atoms with E-state index in [1.54, 1.807) is 21.3 Å².